The molecule has 3 rings (SSSR count). The predicted molar refractivity (Wildman–Crippen MR) is 93.8 cm³/mol. The van der Waals surface area contributed by atoms with Crippen LogP contribution in [-0.2, 0) is 7.05 Å². The molecule has 96 valence electrons. The molecule has 0 amide bonds. The van der Waals surface area contributed by atoms with Crippen LogP contribution in [0.3, 0.4) is 0 Å². The third kappa shape index (κ3) is 3.04. The molecule has 0 radical (unpaired) electrons. The number of halogens is 1. The molecule has 0 bridgehead atoms. The number of aromatic nitrogens is 1. The Balaban J connectivity index is 0.00000133. The molecule has 0 atom stereocenters. The molecule has 1 aromatic heterocycles. The Labute approximate surface area is 134 Å². The maximum atomic E-state index is 2.24. The molecular formula is C16H15INS+. The molecule has 3 aromatic rings. The average Bonchev–Trinajstić information content (AvgIpc) is 2.75. The van der Waals surface area contributed by atoms with Gasteiger partial charge in [0.2, 0.25) is 5.52 Å². The van der Waals surface area contributed by atoms with Crippen LogP contribution in [0.25, 0.3) is 22.4 Å². The van der Waals surface area contributed by atoms with Gasteiger partial charge in [-0.05, 0) is 17.7 Å². The number of fused-ring (bicyclic) bond motifs is 1. The fourth-order valence-corrected chi connectivity index (χ4v) is 3.05. The molecule has 0 fully saturated rings. The van der Waals surface area contributed by atoms with Gasteiger partial charge in [0.25, 0.3) is 5.01 Å². The molecule has 1 heterocycles. The van der Waals surface area contributed by atoms with Crippen molar-refractivity contribution in [3.63, 3.8) is 0 Å². The van der Waals surface area contributed by atoms with Gasteiger partial charge in [0.05, 0.1) is 0 Å². The van der Waals surface area contributed by atoms with E-state index >= 15 is 0 Å². The van der Waals surface area contributed by atoms with Crippen LogP contribution in [-0.4, -0.2) is 0 Å². The van der Waals surface area contributed by atoms with Gasteiger partial charge in [-0.1, -0.05) is 53.8 Å². The summed E-state index contributed by atoms with van der Waals surface area (Å²) in [5, 5.41) is 1.26. The maximum absolute atomic E-state index is 2.24. The van der Waals surface area contributed by atoms with Gasteiger partial charge in [-0.3, -0.25) is 0 Å². The zero-order chi connectivity index (χ0) is 12.4. The molecule has 0 aliphatic rings. The van der Waals surface area contributed by atoms with Gasteiger partial charge in [-0.25, -0.2) is 0 Å². The van der Waals surface area contributed by atoms with E-state index in [1.54, 1.807) is 0 Å². The third-order valence-corrected chi connectivity index (χ3v) is 4.17. The van der Waals surface area contributed by atoms with Crippen LogP contribution in [0.1, 0.15) is 10.6 Å². The van der Waals surface area contributed by atoms with Crippen LogP contribution in [0, 0.1) is 0 Å². The first kappa shape index (κ1) is 14.2. The van der Waals surface area contributed by atoms with Gasteiger partial charge in [-0.2, -0.15) is 4.57 Å². The van der Waals surface area contributed by atoms with Crippen molar-refractivity contribution in [2.45, 2.75) is 0 Å². The maximum Gasteiger partial charge on any atom is 0.262 e. The first-order valence-corrected chi connectivity index (χ1v) is 6.77. The highest BCUT2D eigenvalue weighted by Gasteiger charge is 2.12. The van der Waals surface area contributed by atoms with Crippen LogP contribution >= 0.6 is 35.3 Å². The Morgan fingerprint density at radius 2 is 1.58 bits per heavy atom. The second-order valence-electron chi connectivity index (χ2n) is 4.21. The molecular weight excluding hydrogens is 365 g/mol. The van der Waals surface area contributed by atoms with E-state index in [-0.39, 0.29) is 24.0 Å². The van der Waals surface area contributed by atoms with Crippen LogP contribution in [0.4, 0.5) is 0 Å². The number of hydrogen-bond acceptors (Lipinski definition) is 1. The second-order valence-corrected chi connectivity index (χ2v) is 5.27. The average molecular weight is 380 g/mol. The zero-order valence-corrected chi connectivity index (χ0v) is 13.8. The van der Waals surface area contributed by atoms with Gasteiger partial charge in [0.1, 0.15) is 11.7 Å². The quantitative estimate of drug-likeness (QED) is 0.455. The Hall–Kier alpha value is -1.20. The molecule has 0 saturated heterocycles. The molecule has 19 heavy (non-hydrogen) atoms. The van der Waals surface area contributed by atoms with Crippen molar-refractivity contribution in [2.75, 3.05) is 0 Å². The molecule has 0 spiro atoms. The normalized spacial score (nSPS) is 10.8. The lowest BCUT2D eigenvalue weighted by Gasteiger charge is -1.89. The fourth-order valence-electron chi connectivity index (χ4n) is 2.00. The van der Waals surface area contributed by atoms with E-state index in [4.69, 9.17) is 0 Å². The third-order valence-electron chi connectivity index (χ3n) is 2.99. The van der Waals surface area contributed by atoms with Crippen LogP contribution in [0.2, 0.25) is 0 Å². The number of nitrogens with zero attached hydrogens (tertiary/aromatic N) is 1. The smallest absolute Gasteiger partial charge is 0.185 e. The minimum atomic E-state index is 0. The molecule has 3 heteroatoms. The Bertz CT molecular complexity index is 701. The Kier molecular flexibility index (Phi) is 4.71. The van der Waals surface area contributed by atoms with Crippen molar-refractivity contribution in [3.05, 3.63) is 65.2 Å². The van der Waals surface area contributed by atoms with Crippen LogP contribution < -0.4 is 4.57 Å². The summed E-state index contributed by atoms with van der Waals surface area (Å²) in [6.45, 7) is 0. The number of benzene rings is 2. The summed E-state index contributed by atoms with van der Waals surface area (Å²) in [5.41, 5.74) is 2.52. The van der Waals surface area contributed by atoms with Gasteiger partial charge in [-0.15, -0.1) is 24.0 Å². The summed E-state index contributed by atoms with van der Waals surface area (Å²) < 4.78 is 3.56. The van der Waals surface area contributed by atoms with E-state index in [0.29, 0.717) is 0 Å². The highest BCUT2D eigenvalue weighted by molar-refractivity contribution is 14.0. The van der Waals surface area contributed by atoms with E-state index in [1.165, 1.54) is 20.8 Å². The number of rotatable bonds is 2. The lowest BCUT2D eigenvalue weighted by atomic mass is 10.2. The first-order chi connectivity index (χ1) is 8.84. The predicted octanol–water partition coefficient (Wildman–Crippen LogP) is 4.51. The Morgan fingerprint density at radius 3 is 2.32 bits per heavy atom. The van der Waals surface area contributed by atoms with Crippen LogP contribution in [0.5, 0.6) is 0 Å². The highest BCUT2D eigenvalue weighted by Crippen LogP contribution is 2.21. The minimum Gasteiger partial charge on any atom is -0.185 e. The van der Waals surface area contributed by atoms with Crippen LogP contribution in [0.15, 0.2) is 54.6 Å². The summed E-state index contributed by atoms with van der Waals surface area (Å²) in [6.07, 6.45) is 4.34. The van der Waals surface area contributed by atoms with Gasteiger partial charge >= 0.3 is 0 Å². The Morgan fingerprint density at radius 1 is 0.895 bits per heavy atom. The second kappa shape index (κ2) is 6.30. The monoisotopic (exact) mass is 380 g/mol. The summed E-state index contributed by atoms with van der Waals surface area (Å²) in [4.78, 5) is 0. The number of thiazole rings is 1. The fraction of sp³-hybridized carbons (Fsp3) is 0.0625. The molecule has 0 aliphatic carbocycles. The summed E-state index contributed by atoms with van der Waals surface area (Å²) >= 11 is 1.82. The van der Waals surface area contributed by atoms with E-state index in [1.807, 2.05) is 17.4 Å². The van der Waals surface area contributed by atoms with Gasteiger partial charge < -0.3 is 0 Å². The summed E-state index contributed by atoms with van der Waals surface area (Å²) in [5.74, 6) is 0. The van der Waals surface area contributed by atoms with Crippen molar-refractivity contribution in [2.24, 2.45) is 7.05 Å². The largest absolute Gasteiger partial charge is 0.262 e. The zero-order valence-electron chi connectivity index (χ0n) is 10.6. The van der Waals surface area contributed by atoms with Gasteiger partial charge in [0.15, 0.2) is 0 Å². The van der Waals surface area contributed by atoms with E-state index < -0.39 is 0 Å². The SMILES string of the molecule is C[n+]1c(/C=C/c2ccccc2)sc2ccccc21.I. The molecule has 2 aromatic carbocycles. The lowest BCUT2D eigenvalue weighted by molar-refractivity contribution is -0.642. The molecule has 0 unspecified atom stereocenters. The van der Waals surface area contributed by atoms with E-state index in [9.17, 15) is 0 Å². The topological polar surface area (TPSA) is 3.88 Å². The molecule has 0 saturated carbocycles. The molecule has 0 aliphatic heterocycles. The molecule has 0 N–H and O–H groups in total. The van der Waals surface area contributed by atoms with Crippen molar-refractivity contribution >= 4 is 57.7 Å². The van der Waals surface area contributed by atoms with E-state index in [2.05, 4.69) is 72.3 Å². The number of para-hydroxylation sites is 1. The van der Waals surface area contributed by atoms with Crippen molar-refractivity contribution < 1.29 is 4.57 Å². The van der Waals surface area contributed by atoms with Crippen molar-refractivity contribution in [1.29, 1.82) is 0 Å². The molecule has 1 nitrogen and oxygen atoms in total. The minimum absolute atomic E-state index is 0. The summed E-state index contributed by atoms with van der Waals surface area (Å²) in [6, 6.07) is 18.9. The standard InChI is InChI=1S/C16H14NS.HI/c1-17-14-9-5-6-10-15(14)18-16(17)12-11-13-7-3-2-4-8-13;/h2-12H,1H3;1H/q+1;/b12-11+;. The van der Waals surface area contributed by atoms with E-state index in [0.717, 1.165) is 0 Å². The van der Waals surface area contributed by atoms with Crippen molar-refractivity contribution in [3.8, 4) is 0 Å². The van der Waals surface area contributed by atoms with Crippen molar-refractivity contribution in [1.82, 2.24) is 0 Å². The summed E-state index contributed by atoms with van der Waals surface area (Å²) in [7, 11) is 2.11. The number of hydrogen-bond donors (Lipinski definition) is 0. The highest BCUT2D eigenvalue weighted by atomic mass is 127. The lowest BCUT2D eigenvalue weighted by Crippen LogP contribution is -2.28. The first-order valence-electron chi connectivity index (χ1n) is 5.95. The van der Waals surface area contributed by atoms with Gasteiger partial charge in [0, 0.05) is 12.1 Å². The number of aryl methyl sites for hydroxylation is 1.